The zero-order valence-corrected chi connectivity index (χ0v) is 11.8. The standard InChI is InChI=1S/C15H18F2N2O2/c1-18-14-12(16)4-8(5-13(14)17)15(21)19-9-2-3-10(19)7-11(20)6-9/h4-5,9-11,18,20H,2-3,6-7H2,1H3. The number of nitrogens with zero attached hydrogens (tertiary/aromatic N) is 1. The molecule has 1 amide bonds. The molecule has 2 bridgehead atoms. The first-order valence-electron chi connectivity index (χ1n) is 7.18. The molecule has 1 aromatic rings. The van der Waals surface area contributed by atoms with Gasteiger partial charge in [-0.2, -0.15) is 0 Å². The summed E-state index contributed by atoms with van der Waals surface area (Å²) in [4.78, 5) is 14.3. The molecule has 0 aliphatic carbocycles. The number of amides is 1. The second-order valence-corrected chi connectivity index (χ2v) is 5.79. The summed E-state index contributed by atoms with van der Waals surface area (Å²) in [6.07, 6.45) is 2.38. The minimum Gasteiger partial charge on any atom is -0.393 e. The Morgan fingerprint density at radius 1 is 1.24 bits per heavy atom. The lowest BCUT2D eigenvalue weighted by Gasteiger charge is -2.37. The SMILES string of the molecule is CNc1c(F)cc(C(=O)N2C3CCC2CC(O)C3)cc1F. The molecule has 0 spiro atoms. The summed E-state index contributed by atoms with van der Waals surface area (Å²) in [5.74, 6) is -1.90. The number of aliphatic hydroxyl groups excluding tert-OH is 1. The van der Waals surface area contributed by atoms with Crippen LogP contribution in [0.15, 0.2) is 12.1 Å². The Morgan fingerprint density at radius 3 is 2.24 bits per heavy atom. The third kappa shape index (κ3) is 2.37. The quantitative estimate of drug-likeness (QED) is 0.879. The Morgan fingerprint density at radius 2 is 1.76 bits per heavy atom. The monoisotopic (exact) mass is 296 g/mol. The van der Waals surface area contributed by atoms with Crippen LogP contribution in [-0.4, -0.2) is 41.1 Å². The number of piperidine rings is 1. The molecule has 2 heterocycles. The van der Waals surface area contributed by atoms with Gasteiger partial charge in [-0.05, 0) is 37.8 Å². The summed E-state index contributed by atoms with van der Waals surface area (Å²) in [6, 6.07) is 2.09. The van der Waals surface area contributed by atoms with Crippen molar-refractivity contribution in [2.24, 2.45) is 0 Å². The van der Waals surface area contributed by atoms with Crippen LogP contribution in [0.5, 0.6) is 0 Å². The first-order valence-corrected chi connectivity index (χ1v) is 7.18. The summed E-state index contributed by atoms with van der Waals surface area (Å²) in [6.45, 7) is 0. The van der Waals surface area contributed by atoms with Crippen LogP contribution in [0.1, 0.15) is 36.0 Å². The molecule has 21 heavy (non-hydrogen) atoms. The second-order valence-electron chi connectivity index (χ2n) is 5.79. The topological polar surface area (TPSA) is 52.6 Å². The van der Waals surface area contributed by atoms with Gasteiger partial charge >= 0.3 is 0 Å². The first kappa shape index (κ1) is 14.3. The lowest BCUT2D eigenvalue weighted by Crippen LogP contribution is -2.48. The van der Waals surface area contributed by atoms with Crippen LogP contribution in [-0.2, 0) is 0 Å². The van der Waals surface area contributed by atoms with Crippen molar-refractivity contribution < 1.29 is 18.7 Å². The number of benzene rings is 1. The fourth-order valence-electron chi connectivity index (χ4n) is 3.56. The van der Waals surface area contributed by atoms with E-state index in [1.807, 2.05) is 0 Å². The van der Waals surface area contributed by atoms with Gasteiger partial charge in [0.2, 0.25) is 0 Å². The molecule has 1 aromatic carbocycles. The number of aliphatic hydroxyl groups is 1. The Labute approximate surface area is 121 Å². The number of hydrogen-bond acceptors (Lipinski definition) is 3. The van der Waals surface area contributed by atoms with E-state index in [4.69, 9.17) is 0 Å². The van der Waals surface area contributed by atoms with Crippen molar-refractivity contribution in [2.45, 2.75) is 43.9 Å². The Balaban J connectivity index is 1.90. The highest BCUT2D eigenvalue weighted by Crippen LogP contribution is 2.37. The lowest BCUT2D eigenvalue weighted by atomic mass is 9.98. The molecule has 0 radical (unpaired) electrons. The highest BCUT2D eigenvalue weighted by Gasteiger charge is 2.43. The maximum Gasteiger partial charge on any atom is 0.254 e. The van der Waals surface area contributed by atoms with E-state index in [2.05, 4.69) is 5.32 Å². The normalized spacial score (nSPS) is 27.8. The lowest BCUT2D eigenvalue weighted by molar-refractivity contribution is 0.0286. The van der Waals surface area contributed by atoms with E-state index in [1.54, 1.807) is 4.90 Å². The van der Waals surface area contributed by atoms with Gasteiger partial charge in [0.05, 0.1) is 6.10 Å². The fraction of sp³-hybridized carbons (Fsp3) is 0.533. The predicted octanol–water partition coefficient (Wildman–Crippen LogP) is 2.13. The van der Waals surface area contributed by atoms with E-state index >= 15 is 0 Å². The maximum atomic E-state index is 13.8. The summed E-state index contributed by atoms with van der Waals surface area (Å²) in [7, 11) is 1.43. The van der Waals surface area contributed by atoms with E-state index in [0.29, 0.717) is 12.8 Å². The van der Waals surface area contributed by atoms with Gasteiger partial charge in [0, 0.05) is 24.7 Å². The molecule has 2 N–H and O–H groups in total. The third-order valence-corrected chi connectivity index (χ3v) is 4.48. The molecule has 2 unspecified atom stereocenters. The number of hydrogen-bond donors (Lipinski definition) is 2. The van der Waals surface area contributed by atoms with Gasteiger partial charge in [-0.3, -0.25) is 4.79 Å². The summed E-state index contributed by atoms with van der Waals surface area (Å²) < 4.78 is 27.6. The van der Waals surface area contributed by atoms with Gasteiger partial charge < -0.3 is 15.3 Å². The second kappa shape index (κ2) is 5.26. The van der Waals surface area contributed by atoms with Gasteiger partial charge in [0.15, 0.2) is 0 Å². The van der Waals surface area contributed by atoms with Gasteiger partial charge in [0.1, 0.15) is 17.3 Å². The van der Waals surface area contributed by atoms with Crippen LogP contribution in [0.4, 0.5) is 14.5 Å². The van der Waals surface area contributed by atoms with Crippen LogP contribution in [0.2, 0.25) is 0 Å². The van der Waals surface area contributed by atoms with Crippen molar-refractivity contribution in [2.75, 3.05) is 12.4 Å². The molecular formula is C15H18F2N2O2. The molecule has 2 fully saturated rings. The largest absolute Gasteiger partial charge is 0.393 e. The van der Waals surface area contributed by atoms with Gasteiger partial charge in [-0.1, -0.05) is 0 Å². The summed E-state index contributed by atoms with van der Waals surface area (Å²) >= 11 is 0. The van der Waals surface area contributed by atoms with Crippen molar-refractivity contribution in [3.05, 3.63) is 29.3 Å². The van der Waals surface area contributed by atoms with E-state index in [1.165, 1.54) is 7.05 Å². The summed E-state index contributed by atoms with van der Waals surface area (Å²) in [5, 5.41) is 12.2. The average molecular weight is 296 g/mol. The minimum atomic E-state index is -0.773. The van der Waals surface area contributed by atoms with Crippen molar-refractivity contribution in [3.63, 3.8) is 0 Å². The van der Waals surface area contributed by atoms with Gasteiger partial charge in [0.25, 0.3) is 5.91 Å². The van der Waals surface area contributed by atoms with E-state index in [9.17, 15) is 18.7 Å². The number of carbonyl (C=O) groups excluding carboxylic acids is 1. The predicted molar refractivity (Wildman–Crippen MR) is 74.1 cm³/mol. The van der Waals surface area contributed by atoms with Crippen LogP contribution >= 0.6 is 0 Å². The van der Waals surface area contributed by atoms with E-state index < -0.39 is 11.6 Å². The minimum absolute atomic E-state index is 0.0253. The van der Waals surface area contributed by atoms with Crippen LogP contribution in [0.3, 0.4) is 0 Å². The Kier molecular flexibility index (Phi) is 3.57. The smallest absolute Gasteiger partial charge is 0.254 e. The van der Waals surface area contributed by atoms with Crippen LogP contribution < -0.4 is 5.32 Å². The molecule has 2 saturated heterocycles. The molecule has 3 rings (SSSR count). The third-order valence-electron chi connectivity index (χ3n) is 4.48. The number of carbonyl (C=O) groups is 1. The highest BCUT2D eigenvalue weighted by molar-refractivity contribution is 5.95. The number of nitrogens with one attached hydrogen (secondary N) is 1. The Bertz CT molecular complexity index is 542. The number of fused-ring (bicyclic) bond motifs is 2. The molecule has 4 nitrogen and oxygen atoms in total. The average Bonchev–Trinajstić information content (AvgIpc) is 2.69. The molecule has 0 saturated carbocycles. The molecule has 114 valence electrons. The maximum absolute atomic E-state index is 13.8. The summed E-state index contributed by atoms with van der Waals surface area (Å²) in [5.41, 5.74) is -0.208. The van der Waals surface area contributed by atoms with Crippen molar-refractivity contribution in [1.29, 1.82) is 0 Å². The van der Waals surface area contributed by atoms with Crippen molar-refractivity contribution in [1.82, 2.24) is 4.90 Å². The fourth-order valence-corrected chi connectivity index (χ4v) is 3.56. The van der Waals surface area contributed by atoms with Crippen molar-refractivity contribution in [3.8, 4) is 0 Å². The van der Waals surface area contributed by atoms with Gasteiger partial charge in [-0.25, -0.2) is 8.78 Å². The molecule has 2 atom stereocenters. The van der Waals surface area contributed by atoms with E-state index in [0.717, 1.165) is 25.0 Å². The van der Waals surface area contributed by atoms with E-state index in [-0.39, 0.29) is 35.3 Å². The van der Waals surface area contributed by atoms with Crippen LogP contribution in [0.25, 0.3) is 0 Å². The molecule has 2 aliphatic heterocycles. The molecule has 6 heteroatoms. The molecule has 2 aliphatic rings. The number of halogens is 2. The molecular weight excluding hydrogens is 278 g/mol. The number of anilines is 1. The highest BCUT2D eigenvalue weighted by atomic mass is 19.1. The number of rotatable bonds is 2. The zero-order valence-electron chi connectivity index (χ0n) is 11.8. The van der Waals surface area contributed by atoms with Gasteiger partial charge in [-0.15, -0.1) is 0 Å². The van der Waals surface area contributed by atoms with Crippen molar-refractivity contribution >= 4 is 11.6 Å². The zero-order chi connectivity index (χ0) is 15.1. The first-order chi connectivity index (χ1) is 10.0. The molecule has 0 aromatic heterocycles. The van der Waals surface area contributed by atoms with Crippen LogP contribution in [0, 0.1) is 11.6 Å². The Hall–Kier alpha value is -1.69.